The molecule has 1 aliphatic heterocycles. The molecular weight excluding hydrogens is 336 g/mol. The maximum Gasteiger partial charge on any atom is 0.321 e. The molecule has 0 bridgehead atoms. The van der Waals surface area contributed by atoms with E-state index < -0.39 is 0 Å². The normalized spacial score (nSPS) is 15.2. The minimum atomic E-state index is 0.00249. The van der Waals surface area contributed by atoms with Crippen molar-refractivity contribution in [2.45, 2.75) is 19.8 Å². The Balaban J connectivity index is 1.80. The van der Waals surface area contributed by atoms with E-state index in [1.807, 2.05) is 35.3 Å². The van der Waals surface area contributed by atoms with Crippen molar-refractivity contribution in [3.63, 3.8) is 0 Å². The third kappa shape index (κ3) is 6.52. The fourth-order valence-corrected chi connectivity index (χ4v) is 3.39. The van der Waals surface area contributed by atoms with Crippen LogP contribution < -0.4 is 5.32 Å². The van der Waals surface area contributed by atoms with Gasteiger partial charge in [0, 0.05) is 58.0 Å². The number of anilines is 1. The van der Waals surface area contributed by atoms with Gasteiger partial charge in [0.05, 0.1) is 0 Å². The van der Waals surface area contributed by atoms with E-state index in [9.17, 15) is 4.79 Å². The van der Waals surface area contributed by atoms with Crippen molar-refractivity contribution in [3.8, 4) is 0 Å². The van der Waals surface area contributed by atoms with E-state index in [0.717, 1.165) is 58.0 Å². The highest BCUT2D eigenvalue weighted by atomic mass is 16.2. The summed E-state index contributed by atoms with van der Waals surface area (Å²) < 4.78 is 0. The van der Waals surface area contributed by atoms with E-state index in [-0.39, 0.29) is 6.03 Å². The quantitative estimate of drug-likeness (QED) is 0.675. The Hall–Kier alpha value is -2.11. The van der Waals surface area contributed by atoms with E-state index in [1.54, 1.807) is 0 Å². The van der Waals surface area contributed by atoms with Crippen LogP contribution in [0, 0.1) is 0 Å². The summed E-state index contributed by atoms with van der Waals surface area (Å²) in [6, 6.07) is 8.06. The molecule has 0 aliphatic carbocycles. The van der Waals surface area contributed by atoms with Crippen LogP contribution in [0.3, 0.4) is 0 Å². The SMILES string of the molecule is C=CCN(CC=C)CCN1CCN(C(=O)Nc2ccccc2C(C)C)CC1. The number of hydrogen-bond donors (Lipinski definition) is 1. The molecule has 5 nitrogen and oxygen atoms in total. The molecule has 27 heavy (non-hydrogen) atoms. The van der Waals surface area contributed by atoms with E-state index in [4.69, 9.17) is 0 Å². The van der Waals surface area contributed by atoms with Crippen LogP contribution in [0.4, 0.5) is 10.5 Å². The van der Waals surface area contributed by atoms with Crippen LogP contribution in [-0.4, -0.2) is 73.1 Å². The van der Waals surface area contributed by atoms with Crippen molar-refractivity contribution in [1.82, 2.24) is 14.7 Å². The lowest BCUT2D eigenvalue weighted by Crippen LogP contribution is -2.51. The molecule has 0 aromatic heterocycles. The minimum absolute atomic E-state index is 0.00249. The molecule has 0 atom stereocenters. The first kappa shape index (κ1) is 21.2. The molecule has 1 aromatic rings. The molecule has 0 spiro atoms. The molecule has 0 radical (unpaired) electrons. The third-order valence-electron chi connectivity index (χ3n) is 4.99. The number of amides is 2. The Morgan fingerprint density at radius 1 is 1.15 bits per heavy atom. The average Bonchev–Trinajstić information content (AvgIpc) is 2.67. The molecule has 1 fully saturated rings. The van der Waals surface area contributed by atoms with Crippen LogP contribution in [0.15, 0.2) is 49.6 Å². The van der Waals surface area contributed by atoms with Gasteiger partial charge in [-0.05, 0) is 17.5 Å². The van der Waals surface area contributed by atoms with Crippen molar-refractivity contribution in [2.75, 3.05) is 57.7 Å². The fourth-order valence-electron chi connectivity index (χ4n) is 3.39. The molecule has 148 valence electrons. The molecule has 0 saturated carbocycles. The third-order valence-corrected chi connectivity index (χ3v) is 4.99. The highest BCUT2D eigenvalue weighted by Crippen LogP contribution is 2.24. The molecule has 5 heteroatoms. The lowest BCUT2D eigenvalue weighted by atomic mass is 10.0. The van der Waals surface area contributed by atoms with Gasteiger partial charge in [-0.1, -0.05) is 44.2 Å². The summed E-state index contributed by atoms with van der Waals surface area (Å²) in [5.41, 5.74) is 2.10. The lowest BCUT2D eigenvalue weighted by Gasteiger charge is -2.35. The summed E-state index contributed by atoms with van der Waals surface area (Å²) in [6.45, 7) is 19.0. The van der Waals surface area contributed by atoms with Gasteiger partial charge >= 0.3 is 6.03 Å². The number of nitrogens with one attached hydrogen (secondary N) is 1. The number of rotatable bonds is 9. The van der Waals surface area contributed by atoms with Crippen molar-refractivity contribution in [3.05, 3.63) is 55.1 Å². The Morgan fingerprint density at radius 2 is 1.78 bits per heavy atom. The summed E-state index contributed by atoms with van der Waals surface area (Å²) in [5, 5.41) is 3.10. The number of hydrogen-bond acceptors (Lipinski definition) is 3. The van der Waals surface area contributed by atoms with E-state index in [2.05, 4.69) is 48.2 Å². The maximum absolute atomic E-state index is 12.7. The Morgan fingerprint density at radius 3 is 2.37 bits per heavy atom. The molecule has 1 heterocycles. The zero-order valence-corrected chi connectivity index (χ0v) is 16.9. The minimum Gasteiger partial charge on any atom is -0.322 e. The van der Waals surface area contributed by atoms with Crippen LogP contribution in [0.25, 0.3) is 0 Å². The lowest BCUT2D eigenvalue weighted by molar-refractivity contribution is 0.137. The van der Waals surface area contributed by atoms with Crippen LogP contribution >= 0.6 is 0 Å². The number of carbonyl (C=O) groups is 1. The van der Waals surface area contributed by atoms with Gasteiger partial charge in [0.15, 0.2) is 0 Å². The molecule has 2 rings (SSSR count). The molecule has 1 aromatic carbocycles. The van der Waals surface area contributed by atoms with Gasteiger partial charge in [-0.25, -0.2) is 4.79 Å². The molecule has 1 N–H and O–H groups in total. The van der Waals surface area contributed by atoms with Crippen LogP contribution in [0.2, 0.25) is 0 Å². The average molecular weight is 371 g/mol. The fraction of sp³-hybridized carbons (Fsp3) is 0.500. The first-order valence-electron chi connectivity index (χ1n) is 9.86. The molecule has 1 aliphatic rings. The predicted molar refractivity (Wildman–Crippen MR) is 114 cm³/mol. The number of urea groups is 1. The van der Waals surface area contributed by atoms with E-state index in [0.29, 0.717) is 5.92 Å². The summed E-state index contributed by atoms with van der Waals surface area (Å²) in [7, 11) is 0. The molecular formula is C22H34N4O. The van der Waals surface area contributed by atoms with Gasteiger partial charge in [-0.3, -0.25) is 9.80 Å². The topological polar surface area (TPSA) is 38.8 Å². The van der Waals surface area contributed by atoms with E-state index >= 15 is 0 Å². The standard InChI is InChI=1S/C22H34N4O/c1-5-11-24(12-6-2)13-14-25-15-17-26(18-16-25)22(27)23-21-10-8-7-9-20(21)19(3)4/h5-10,19H,1-2,11-18H2,3-4H3,(H,23,27). The zero-order chi connectivity index (χ0) is 19.6. The van der Waals surface area contributed by atoms with Gasteiger partial charge in [-0.2, -0.15) is 0 Å². The van der Waals surface area contributed by atoms with Crippen molar-refractivity contribution < 1.29 is 4.79 Å². The first-order chi connectivity index (χ1) is 13.0. The van der Waals surface area contributed by atoms with Gasteiger partial charge in [0.2, 0.25) is 0 Å². The zero-order valence-electron chi connectivity index (χ0n) is 16.9. The second-order valence-electron chi connectivity index (χ2n) is 7.34. The molecule has 2 amide bonds. The van der Waals surface area contributed by atoms with E-state index in [1.165, 1.54) is 5.56 Å². The monoisotopic (exact) mass is 370 g/mol. The number of nitrogens with zero attached hydrogens (tertiary/aromatic N) is 3. The second kappa shape index (κ2) is 10.9. The second-order valence-corrected chi connectivity index (χ2v) is 7.34. The number of carbonyl (C=O) groups excluding carboxylic acids is 1. The summed E-state index contributed by atoms with van der Waals surface area (Å²) in [4.78, 5) is 19.3. The number of para-hydroxylation sites is 1. The Kier molecular flexibility index (Phi) is 8.55. The Bertz CT molecular complexity index is 610. The summed E-state index contributed by atoms with van der Waals surface area (Å²) >= 11 is 0. The largest absolute Gasteiger partial charge is 0.322 e. The summed E-state index contributed by atoms with van der Waals surface area (Å²) in [6.07, 6.45) is 3.86. The maximum atomic E-state index is 12.7. The van der Waals surface area contributed by atoms with Crippen molar-refractivity contribution >= 4 is 11.7 Å². The highest BCUT2D eigenvalue weighted by Gasteiger charge is 2.22. The van der Waals surface area contributed by atoms with Crippen molar-refractivity contribution in [2.24, 2.45) is 0 Å². The van der Waals surface area contributed by atoms with Gasteiger partial charge in [-0.15, -0.1) is 13.2 Å². The van der Waals surface area contributed by atoms with Gasteiger partial charge < -0.3 is 10.2 Å². The number of piperazine rings is 1. The number of benzene rings is 1. The van der Waals surface area contributed by atoms with Crippen LogP contribution in [-0.2, 0) is 0 Å². The predicted octanol–water partition coefficient (Wildman–Crippen LogP) is 3.63. The van der Waals surface area contributed by atoms with Crippen LogP contribution in [0.5, 0.6) is 0 Å². The van der Waals surface area contributed by atoms with Gasteiger partial charge in [0.25, 0.3) is 0 Å². The molecule has 0 unspecified atom stereocenters. The smallest absolute Gasteiger partial charge is 0.321 e. The van der Waals surface area contributed by atoms with Gasteiger partial charge in [0.1, 0.15) is 0 Å². The molecule has 1 saturated heterocycles. The summed E-state index contributed by atoms with van der Waals surface area (Å²) in [5.74, 6) is 0.382. The highest BCUT2D eigenvalue weighted by molar-refractivity contribution is 5.90. The van der Waals surface area contributed by atoms with Crippen molar-refractivity contribution in [1.29, 1.82) is 0 Å². The van der Waals surface area contributed by atoms with Crippen LogP contribution in [0.1, 0.15) is 25.3 Å². The Labute approximate surface area is 164 Å². The first-order valence-corrected chi connectivity index (χ1v) is 9.86.